The van der Waals surface area contributed by atoms with Gasteiger partial charge in [-0.1, -0.05) is 23.7 Å². The van der Waals surface area contributed by atoms with Gasteiger partial charge in [0.25, 0.3) is 0 Å². The van der Waals surface area contributed by atoms with Crippen LogP contribution in [-0.4, -0.2) is 27.8 Å². The molecule has 0 saturated heterocycles. The largest absolute Gasteiger partial charge is 0.297 e. The molecule has 0 spiro atoms. The average molecular weight is 278 g/mol. The highest BCUT2D eigenvalue weighted by Crippen LogP contribution is 2.13. The third-order valence-electron chi connectivity index (χ3n) is 3.38. The van der Waals surface area contributed by atoms with Crippen molar-refractivity contribution in [2.45, 2.75) is 25.9 Å². The van der Waals surface area contributed by atoms with Crippen molar-refractivity contribution in [1.82, 2.24) is 14.7 Å². The molecule has 0 radical (unpaired) electrons. The van der Waals surface area contributed by atoms with Gasteiger partial charge in [-0.05, 0) is 44.2 Å². The zero-order valence-corrected chi connectivity index (χ0v) is 12.4. The fraction of sp³-hybridized carbons (Fsp3) is 0.400. The molecule has 1 aromatic carbocycles. The number of nitrogens with zero attached hydrogens (tertiary/aromatic N) is 3. The monoisotopic (exact) mass is 277 g/mol. The van der Waals surface area contributed by atoms with Crippen LogP contribution in [0.2, 0.25) is 5.02 Å². The van der Waals surface area contributed by atoms with Crippen molar-refractivity contribution in [1.29, 1.82) is 0 Å². The fourth-order valence-corrected chi connectivity index (χ4v) is 2.20. The number of likely N-dealkylation sites (N-methyl/N-ethyl adjacent to an activating group) is 1. The summed E-state index contributed by atoms with van der Waals surface area (Å²) in [6.45, 7) is 3.10. The Hall–Kier alpha value is -1.32. The summed E-state index contributed by atoms with van der Waals surface area (Å²) in [5.41, 5.74) is 2.41. The van der Waals surface area contributed by atoms with Gasteiger partial charge in [0.05, 0.1) is 5.69 Å². The number of halogens is 1. The second kappa shape index (κ2) is 6.22. The summed E-state index contributed by atoms with van der Waals surface area (Å²) < 4.78 is 1.84. The summed E-state index contributed by atoms with van der Waals surface area (Å²) in [5, 5.41) is 5.20. The maximum atomic E-state index is 5.90. The van der Waals surface area contributed by atoms with E-state index >= 15 is 0 Å². The Balaban J connectivity index is 1.91. The molecule has 0 aliphatic carbocycles. The molecule has 102 valence electrons. The second-order valence-electron chi connectivity index (χ2n) is 5.08. The van der Waals surface area contributed by atoms with Gasteiger partial charge in [-0.2, -0.15) is 5.10 Å². The van der Waals surface area contributed by atoms with E-state index in [0.717, 1.165) is 23.7 Å². The predicted octanol–water partition coefficient (Wildman–Crippen LogP) is 3.14. The standard InChI is InChI=1S/C15H20ClN3/c1-12(10-13-4-6-14(16)7-5-13)18(2)11-15-8-9-19(3)17-15/h4-9,12H,10-11H2,1-3H3/t12-/m0/s1. The van der Waals surface area contributed by atoms with Crippen LogP contribution in [0.5, 0.6) is 0 Å². The van der Waals surface area contributed by atoms with Crippen molar-refractivity contribution < 1.29 is 0 Å². The summed E-state index contributed by atoms with van der Waals surface area (Å²) in [6.07, 6.45) is 2.99. The third kappa shape index (κ3) is 4.08. The van der Waals surface area contributed by atoms with Crippen LogP contribution < -0.4 is 0 Å². The first-order valence-corrected chi connectivity index (χ1v) is 6.85. The van der Waals surface area contributed by atoms with E-state index in [9.17, 15) is 0 Å². The minimum absolute atomic E-state index is 0.461. The van der Waals surface area contributed by atoms with Crippen molar-refractivity contribution in [3.8, 4) is 0 Å². The highest BCUT2D eigenvalue weighted by molar-refractivity contribution is 6.30. The summed E-state index contributed by atoms with van der Waals surface area (Å²) in [4.78, 5) is 2.32. The number of aryl methyl sites for hydroxylation is 1. The number of hydrogen-bond donors (Lipinski definition) is 0. The number of benzene rings is 1. The van der Waals surface area contributed by atoms with Gasteiger partial charge in [0.2, 0.25) is 0 Å². The van der Waals surface area contributed by atoms with Crippen LogP contribution in [0.25, 0.3) is 0 Å². The van der Waals surface area contributed by atoms with E-state index in [1.54, 1.807) is 0 Å². The van der Waals surface area contributed by atoms with Crippen molar-refractivity contribution in [3.63, 3.8) is 0 Å². The number of hydrogen-bond acceptors (Lipinski definition) is 2. The van der Waals surface area contributed by atoms with E-state index in [1.807, 2.05) is 30.1 Å². The summed E-state index contributed by atoms with van der Waals surface area (Å²) in [6, 6.07) is 10.6. The molecule has 0 aliphatic heterocycles. The van der Waals surface area contributed by atoms with Gasteiger partial charge < -0.3 is 0 Å². The van der Waals surface area contributed by atoms with Crippen LogP contribution >= 0.6 is 11.6 Å². The Morgan fingerprint density at radius 3 is 2.53 bits per heavy atom. The van der Waals surface area contributed by atoms with Crippen LogP contribution in [0.1, 0.15) is 18.2 Å². The predicted molar refractivity (Wildman–Crippen MR) is 79.3 cm³/mol. The second-order valence-corrected chi connectivity index (χ2v) is 5.51. The molecule has 0 aliphatic rings. The smallest absolute Gasteiger partial charge is 0.0764 e. The Morgan fingerprint density at radius 2 is 1.95 bits per heavy atom. The molecule has 0 amide bonds. The quantitative estimate of drug-likeness (QED) is 0.837. The maximum absolute atomic E-state index is 5.90. The van der Waals surface area contributed by atoms with E-state index in [4.69, 9.17) is 11.6 Å². The highest BCUT2D eigenvalue weighted by atomic mass is 35.5. The lowest BCUT2D eigenvalue weighted by atomic mass is 10.1. The third-order valence-corrected chi connectivity index (χ3v) is 3.63. The topological polar surface area (TPSA) is 21.1 Å². The molecule has 3 nitrogen and oxygen atoms in total. The lowest BCUT2D eigenvalue weighted by Gasteiger charge is -2.24. The molecule has 0 saturated carbocycles. The Kier molecular flexibility index (Phi) is 4.61. The number of rotatable bonds is 5. The zero-order valence-electron chi connectivity index (χ0n) is 11.7. The summed E-state index contributed by atoms with van der Waals surface area (Å²) in [5.74, 6) is 0. The van der Waals surface area contributed by atoms with Crippen LogP contribution in [0.15, 0.2) is 36.5 Å². The lowest BCUT2D eigenvalue weighted by molar-refractivity contribution is 0.244. The first-order chi connectivity index (χ1) is 9.04. The highest BCUT2D eigenvalue weighted by Gasteiger charge is 2.11. The molecule has 0 unspecified atom stereocenters. The van der Waals surface area contributed by atoms with Gasteiger partial charge >= 0.3 is 0 Å². The maximum Gasteiger partial charge on any atom is 0.0764 e. The van der Waals surface area contributed by atoms with Crippen LogP contribution in [-0.2, 0) is 20.0 Å². The molecule has 1 atom stereocenters. The van der Waals surface area contributed by atoms with Crippen molar-refractivity contribution >= 4 is 11.6 Å². The zero-order chi connectivity index (χ0) is 13.8. The molecular formula is C15H20ClN3. The molecular weight excluding hydrogens is 258 g/mol. The van der Waals surface area contributed by atoms with E-state index in [2.05, 4.69) is 42.2 Å². The van der Waals surface area contributed by atoms with Crippen molar-refractivity contribution in [3.05, 3.63) is 52.8 Å². The molecule has 2 aromatic rings. The summed E-state index contributed by atoms with van der Waals surface area (Å²) >= 11 is 5.90. The van der Waals surface area contributed by atoms with Gasteiger partial charge in [-0.3, -0.25) is 9.58 Å². The van der Waals surface area contributed by atoms with Crippen molar-refractivity contribution in [2.75, 3.05) is 7.05 Å². The minimum Gasteiger partial charge on any atom is -0.297 e. The van der Waals surface area contributed by atoms with E-state index < -0.39 is 0 Å². The van der Waals surface area contributed by atoms with Gasteiger partial charge in [0, 0.05) is 30.9 Å². The Bertz CT molecular complexity index is 518. The minimum atomic E-state index is 0.461. The molecule has 0 bridgehead atoms. The summed E-state index contributed by atoms with van der Waals surface area (Å²) in [7, 11) is 4.08. The van der Waals surface area contributed by atoms with E-state index in [-0.39, 0.29) is 0 Å². The SMILES string of the molecule is C[C@@H](Cc1ccc(Cl)cc1)N(C)Cc1ccn(C)n1. The van der Waals surface area contributed by atoms with Crippen LogP contribution in [0.4, 0.5) is 0 Å². The van der Waals surface area contributed by atoms with Gasteiger partial charge in [-0.15, -0.1) is 0 Å². The van der Waals surface area contributed by atoms with E-state index in [0.29, 0.717) is 6.04 Å². The van der Waals surface area contributed by atoms with Crippen LogP contribution in [0, 0.1) is 0 Å². The van der Waals surface area contributed by atoms with Crippen LogP contribution in [0.3, 0.4) is 0 Å². The average Bonchev–Trinajstić information content (AvgIpc) is 2.77. The van der Waals surface area contributed by atoms with Gasteiger partial charge in [-0.25, -0.2) is 0 Å². The Morgan fingerprint density at radius 1 is 1.26 bits per heavy atom. The lowest BCUT2D eigenvalue weighted by Crippen LogP contribution is -2.30. The molecule has 0 N–H and O–H groups in total. The first-order valence-electron chi connectivity index (χ1n) is 6.48. The van der Waals surface area contributed by atoms with Gasteiger partial charge in [0.15, 0.2) is 0 Å². The number of aromatic nitrogens is 2. The van der Waals surface area contributed by atoms with Gasteiger partial charge in [0.1, 0.15) is 0 Å². The molecule has 0 fully saturated rings. The van der Waals surface area contributed by atoms with E-state index in [1.165, 1.54) is 5.56 Å². The molecule has 1 aromatic heterocycles. The molecule has 4 heteroatoms. The fourth-order valence-electron chi connectivity index (χ4n) is 2.08. The molecule has 2 rings (SSSR count). The normalized spacial score (nSPS) is 12.9. The Labute approximate surface area is 119 Å². The van der Waals surface area contributed by atoms with Crippen molar-refractivity contribution in [2.24, 2.45) is 7.05 Å². The molecule has 19 heavy (non-hydrogen) atoms. The molecule has 1 heterocycles. The first kappa shape index (κ1) is 14.1.